The summed E-state index contributed by atoms with van der Waals surface area (Å²) in [6.07, 6.45) is 3.45. The molecule has 0 aliphatic carbocycles. The molecule has 0 atom stereocenters. The van der Waals surface area contributed by atoms with Crippen molar-refractivity contribution in [1.82, 2.24) is 15.0 Å². The number of aromatic nitrogens is 3. The van der Waals surface area contributed by atoms with Gasteiger partial charge >= 0.3 is 0 Å². The Morgan fingerprint density at radius 1 is 1.08 bits per heavy atom. The van der Waals surface area contributed by atoms with E-state index in [4.69, 9.17) is 4.42 Å². The minimum atomic E-state index is 0.604. The molecule has 24 heavy (non-hydrogen) atoms. The molecule has 5 nitrogen and oxygen atoms in total. The topological polar surface area (TPSA) is 63.8 Å². The zero-order chi connectivity index (χ0) is 16.4. The van der Waals surface area contributed by atoms with Gasteiger partial charge in [0.15, 0.2) is 5.76 Å². The maximum atomic E-state index is 5.83. The van der Waals surface area contributed by atoms with Crippen LogP contribution >= 0.6 is 11.3 Å². The van der Waals surface area contributed by atoms with Gasteiger partial charge in [0.25, 0.3) is 0 Å². The van der Waals surface area contributed by atoms with E-state index >= 15 is 0 Å². The smallest absolute Gasteiger partial charge is 0.227 e. The van der Waals surface area contributed by atoms with E-state index in [1.54, 1.807) is 23.7 Å². The summed E-state index contributed by atoms with van der Waals surface area (Å²) in [5, 5.41) is 7.24. The molecule has 4 heterocycles. The lowest BCUT2D eigenvalue weighted by Crippen LogP contribution is -1.98. The highest BCUT2D eigenvalue weighted by atomic mass is 32.1. The van der Waals surface area contributed by atoms with Crippen molar-refractivity contribution >= 4 is 23.0 Å². The number of nitrogens with zero attached hydrogens (tertiary/aromatic N) is 3. The first kappa shape index (κ1) is 14.6. The van der Waals surface area contributed by atoms with Crippen molar-refractivity contribution in [1.29, 1.82) is 0 Å². The van der Waals surface area contributed by atoms with E-state index in [1.807, 2.05) is 54.1 Å². The van der Waals surface area contributed by atoms with E-state index in [0.29, 0.717) is 17.5 Å². The van der Waals surface area contributed by atoms with Crippen LogP contribution in [-0.4, -0.2) is 15.0 Å². The number of oxazole rings is 1. The molecule has 6 heteroatoms. The van der Waals surface area contributed by atoms with Crippen molar-refractivity contribution in [3.8, 4) is 22.9 Å². The van der Waals surface area contributed by atoms with Crippen LogP contribution in [0, 0.1) is 6.92 Å². The van der Waals surface area contributed by atoms with E-state index in [1.165, 1.54) is 0 Å². The zero-order valence-electron chi connectivity index (χ0n) is 12.9. The SMILES string of the molecule is Cc1cccnc1Nc1cccc(-c2cnc(-c3ccsc3)o2)n1. The second-order valence-corrected chi connectivity index (χ2v) is 6.02. The van der Waals surface area contributed by atoms with E-state index in [2.05, 4.69) is 20.3 Å². The summed E-state index contributed by atoms with van der Waals surface area (Å²) in [7, 11) is 0. The Labute approximate surface area is 143 Å². The first-order valence-corrected chi connectivity index (χ1v) is 8.38. The predicted octanol–water partition coefficient (Wildman–Crippen LogP) is 4.91. The highest BCUT2D eigenvalue weighted by molar-refractivity contribution is 7.08. The van der Waals surface area contributed by atoms with Gasteiger partial charge in [0.05, 0.1) is 6.20 Å². The van der Waals surface area contributed by atoms with Gasteiger partial charge in [0, 0.05) is 17.1 Å². The third-order valence-corrected chi connectivity index (χ3v) is 4.21. The number of thiophene rings is 1. The van der Waals surface area contributed by atoms with Gasteiger partial charge in [-0.2, -0.15) is 11.3 Å². The average Bonchev–Trinajstić information content (AvgIpc) is 3.28. The van der Waals surface area contributed by atoms with E-state index in [0.717, 1.165) is 22.6 Å². The molecule has 0 saturated carbocycles. The summed E-state index contributed by atoms with van der Waals surface area (Å²) >= 11 is 1.61. The van der Waals surface area contributed by atoms with Crippen molar-refractivity contribution in [2.75, 3.05) is 5.32 Å². The van der Waals surface area contributed by atoms with Crippen molar-refractivity contribution in [2.45, 2.75) is 6.92 Å². The third-order valence-electron chi connectivity index (χ3n) is 3.53. The molecule has 0 spiro atoms. The summed E-state index contributed by atoms with van der Waals surface area (Å²) in [4.78, 5) is 13.2. The average molecular weight is 334 g/mol. The Kier molecular flexibility index (Phi) is 3.80. The van der Waals surface area contributed by atoms with Gasteiger partial charge in [0.1, 0.15) is 17.3 Å². The predicted molar refractivity (Wildman–Crippen MR) is 95.3 cm³/mol. The summed E-state index contributed by atoms with van der Waals surface area (Å²) in [6.45, 7) is 2.00. The highest BCUT2D eigenvalue weighted by Gasteiger charge is 2.10. The molecular formula is C18H14N4OS. The molecule has 118 valence electrons. The van der Waals surface area contributed by atoms with E-state index in [-0.39, 0.29) is 0 Å². The number of rotatable bonds is 4. The lowest BCUT2D eigenvalue weighted by Gasteiger charge is -2.07. The highest BCUT2D eigenvalue weighted by Crippen LogP contribution is 2.27. The zero-order valence-corrected chi connectivity index (χ0v) is 13.7. The largest absolute Gasteiger partial charge is 0.434 e. The van der Waals surface area contributed by atoms with Crippen LogP contribution in [0.15, 0.2) is 64.0 Å². The van der Waals surface area contributed by atoms with Crippen molar-refractivity contribution < 1.29 is 4.42 Å². The molecule has 0 unspecified atom stereocenters. The van der Waals surface area contributed by atoms with Gasteiger partial charge in [-0.3, -0.25) is 0 Å². The molecule has 4 rings (SSSR count). The molecule has 0 amide bonds. The number of anilines is 2. The lowest BCUT2D eigenvalue weighted by molar-refractivity contribution is 0.587. The lowest BCUT2D eigenvalue weighted by atomic mass is 10.3. The Morgan fingerprint density at radius 2 is 2.04 bits per heavy atom. The molecule has 1 N–H and O–H groups in total. The summed E-state index contributed by atoms with van der Waals surface area (Å²) in [5.41, 5.74) is 2.76. The van der Waals surface area contributed by atoms with Crippen molar-refractivity contribution in [2.24, 2.45) is 0 Å². The van der Waals surface area contributed by atoms with Crippen LogP contribution in [0.4, 0.5) is 11.6 Å². The third kappa shape index (κ3) is 2.91. The number of hydrogen-bond donors (Lipinski definition) is 1. The fraction of sp³-hybridized carbons (Fsp3) is 0.0556. The summed E-state index contributed by atoms with van der Waals surface area (Å²) in [6, 6.07) is 11.6. The first-order valence-electron chi connectivity index (χ1n) is 7.44. The Balaban J connectivity index is 1.62. The number of aryl methyl sites for hydroxylation is 1. The van der Waals surface area contributed by atoms with Crippen LogP contribution in [0.2, 0.25) is 0 Å². The van der Waals surface area contributed by atoms with E-state index < -0.39 is 0 Å². The molecule has 0 aromatic carbocycles. The molecular weight excluding hydrogens is 320 g/mol. The fourth-order valence-corrected chi connectivity index (χ4v) is 2.92. The van der Waals surface area contributed by atoms with E-state index in [9.17, 15) is 0 Å². The maximum absolute atomic E-state index is 5.83. The first-order chi connectivity index (χ1) is 11.8. The molecule has 0 saturated heterocycles. The summed E-state index contributed by atoms with van der Waals surface area (Å²) in [5.74, 6) is 2.74. The van der Waals surface area contributed by atoms with Gasteiger partial charge in [-0.1, -0.05) is 12.1 Å². The van der Waals surface area contributed by atoms with Crippen molar-refractivity contribution in [3.63, 3.8) is 0 Å². The molecule has 4 aromatic rings. The van der Waals surface area contributed by atoms with Gasteiger partial charge in [0.2, 0.25) is 5.89 Å². The Bertz CT molecular complexity index is 963. The number of hydrogen-bond acceptors (Lipinski definition) is 6. The monoisotopic (exact) mass is 334 g/mol. The minimum Gasteiger partial charge on any atom is -0.434 e. The molecule has 4 aromatic heterocycles. The van der Waals surface area contributed by atoms with Gasteiger partial charge < -0.3 is 9.73 Å². The number of pyridine rings is 2. The van der Waals surface area contributed by atoms with Crippen LogP contribution in [0.5, 0.6) is 0 Å². The molecule has 0 radical (unpaired) electrons. The second kappa shape index (κ2) is 6.25. The van der Waals surface area contributed by atoms with Gasteiger partial charge in [-0.05, 0) is 42.1 Å². The van der Waals surface area contributed by atoms with Crippen LogP contribution in [0.1, 0.15) is 5.56 Å². The molecule has 0 fully saturated rings. The maximum Gasteiger partial charge on any atom is 0.227 e. The van der Waals surface area contributed by atoms with Crippen molar-refractivity contribution in [3.05, 3.63) is 65.1 Å². The van der Waals surface area contributed by atoms with Crippen LogP contribution in [0.3, 0.4) is 0 Å². The summed E-state index contributed by atoms with van der Waals surface area (Å²) < 4.78 is 5.83. The quantitative estimate of drug-likeness (QED) is 0.574. The Morgan fingerprint density at radius 3 is 2.88 bits per heavy atom. The fourth-order valence-electron chi connectivity index (χ4n) is 2.29. The van der Waals surface area contributed by atoms with Crippen LogP contribution in [-0.2, 0) is 0 Å². The van der Waals surface area contributed by atoms with Gasteiger partial charge in [-0.15, -0.1) is 0 Å². The van der Waals surface area contributed by atoms with Gasteiger partial charge in [-0.25, -0.2) is 15.0 Å². The normalized spacial score (nSPS) is 10.7. The molecule has 0 aliphatic rings. The Hall–Kier alpha value is -2.99. The standard InChI is InChI=1S/C18H14N4OS/c1-12-4-3-8-19-17(12)22-16-6-2-5-14(21-16)15-10-20-18(23-15)13-7-9-24-11-13/h2-11H,1H3,(H,19,21,22). The molecule has 0 bridgehead atoms. The number of nitrogens with one attached hydrogen (secondary N) is 1. The second-order valence-electron chi connectivity index (χ2n) is 5.24. The van der Waals surface area contributed by atoms with Crippen LogP contribution in [0.25, 0.3) is 22.9 Å². The molecule has 0 aliphatic heterocycles. The van der Waals surface area contributed by atoms with Crippen LogP contribution < -0.4 is 5.32 Å². The minimum absolute atomic E-state index is 0.604.